The summed E-state index contributed by atoms with van der Waals surface area (Å²) in [4.78, 5) is 29.2. The molecule has 0 unspecified atom stereocenters. The number of nitrogens with zero attached hydrogens (tertiary/aromatic N) is 3. The third kappa shape index (κ3) is 2.90. The maximum Gasteiger partial charge on any atom is 0.255 e. The summed E-state index contributed by atoms with van der Waals surface area (Å²) in [7, 11) is 3.40. The molecule has 1 aliphatic carbocycles. The van der Waals surface area contributed by atoms with Crippen molar-refractivity contribution in [3.63, 3.8) is 0 Å². The number of hydrogen-bond donors (Lipinski definition) is 0. The molecule has 0 saturated heterocycles. The Morgan fingerprint density at radius 3 is 2.78 bits per heavy atom. The van der Waals surface area contributed by atoms with Gasteiger partial charge in [0, 0.05) is 39.0 Å². The van der Waals surface area contributed by atoms with Crippen molar-refractivity contribution in [1.29, 1.82) is 0 Å². The Kier molecular flexibility index (Phi) is 3.71. The topological polar surface area (TPSA) is 55.2 Å². The van der Waals surface area contributed by atoms with Crippen LogP contribution < -0.4 is 5.56 Å². The molecule has 0 aromatic carbocycles. The molecule has 0 bridgehead atoms. The first-order valence-electron chi connectivity index (χ1n) is 5.96. The fourth-order valence-corrected chi connectivity index (χ4v) is 1.98. The monoisotopic (exact) mass is 269 g/mol. The van der Waals surface area contributed by atoms with E-state index in [2.05, 4.69) is 4.98 Å². The molecule has 0 spiro atoms. The van der Waals surface area contributed by atoms with Gasteiger partial charge in [0.15, 0.2) is 0 Å². The highest BCUT2D eigenvalue weighted by atomic mass is 35.5. The number of amides is 1. The summed E-state index contributed by atoms with van der Waals surface area (Å²) in [6, 6.07) is 1.30. The molecule has 0 atom stereocenters. The molecule has 98 valence electrons. The Balaban J connectivity index is 2.21. The van der Waals surface area contributed by atoms with E-state index in [4.69, 9.17) is 11.6 Å². The van der Waals surface area contributed by atoms with E-state index in [1.54, 1.807) is 18.7 Å². The Morgan fingerprint density at radius 2 is 2.22 bits per heavy atom. The molecule has 18 heavy (non-hydrogen) atoms. The first-order chi connectivity index (χ1) is 8.49. The van der Waals surface area contributed by atoms with Crippen LogP contribution in [-0.4, -0.2) is 34.5 Å². The van der Waals surface area contributed by atoms with Gasteiger partial charge in [-0.1, -0.05) is 11.6 Å². The summed E-state index contributed by atoms with van der Waals surface area (Å²) in [6.45, 7) is 0.367. The van der Waals surface area contributed by atoms with Crippen molar-refractivity contribution in [1.82, 2.24) is 14.5 Å². The molecule has 1 aliphatic rings. The normalized spacial score (nSPS) is 14.6. The van der Waals surface area contributed by atoms with E-state index < -0.39 is 0 Å². The first kappa shape index (κ1) is 13.1. The van der Waals surface area contributed by atoms with Crippen molar-refractivity contribution < 1.29 is 4.79 Å². The van der Waals surface area contributed by atoms with Crippen LogP contribution in [0.2, 0.25) is 5.15 Å². The maximum atomic E-state index is 11.9. The molecule has 1 saturated carbocycles. The van der Waals surface area contributed by atoms with Crippen molar-refractivity contribution in [3.05, 3.63) is 27.4 Å². The van der Waals surface area contributed by atoms with E-state index in [1.807, 2.05) is 0 Å². The Hall–Kier alpha value is -1.36. The van der Waals surface area contributed by atoms with Gasteiger partial charge in [0.25, 0.3) is 5.56 Å². The largest absolute Gasteiger partial charge is 0.349 e. The summed E-state index contributed by atoms with van der Waals surface area (Å²) in [5, 5.41) is 0.233. The van der Waals surface area contributed by atoms with Gasteiger partial charge in [-0.05, 0) is 12.8 Å². The second-order valence-corrected chi connectivity index (χ2v) is 5.13. The van der Waals surface area contributed by atoms with Crippen LogP contribution in [0.25, 0.3) is 0 Å². The molecule has 6 heteroatoms. The van der Waals surface area contributed by atoms with E-state index in [0.29, 0.717) is 18.9 Å². The SMILES string of the molecule is CN(C)C(=O)CCn1c(C2CC2)nc(Cl)cc1=O. The maximum absolute atomic E-state index is 11.9. The van der Waals surface area contributed by atoms with Gasteiger partial charge in [0.1, 0.15) is 11.0 Å². The van der Waals surface area contributed by atoms with Crippen LogP contribution in [0.3, 0.4) is 0 Å². The number of aromatic nitrogens is 2. The molecule has 1 aromatic heterocycles. The molecule has 2 rings (SSSR count). The fourth-order valence-electron chi connectivity index (χ4n) is 1.80. The van der Waals surface area contributed by atoms with Gasteiger partial charge < -0.3 is 4.90 Å². The number of hydrogen-bond acceptors (Lipinski definition) is 3. The van der Waals surface area contributed by atoms with Crippen molar-refractivity contribution in [3.8, 4) is 0 Å². The van der Waals surface area contributed by atoms with Gasteiger partial charge in [-0.25, -0.2) is 4.98 Å². The lowest BCUT2D eigenvalue weighted by Gasteiger charge is -2.13. The van der Waals surface area contributed by atoms with Crippen molar-refractivity contribution in [2.45, 2.75) is 31.7 Å². The number of carbonyl (C=O) groups excluding carboxylic acids is 1. The fraction of sp³-hybridized carbons (Fsp3) is 0.583. The molecule has 1 amide bonds. The predicted octanol–water partition coefficient (Wildman–Crippen LogP) is 1.25. The Bertz CT molecular complexity index is 521. The van der Waals surface area contributed by atoms with Crippen LogP contribution in [0.4, 0.5) is 0 Å². The minimum atomic E-state index is -0.177. The Labute approximate surface area is 110 Å². The van der Waals surface area contributed by atoms with Gasteiger partial charge >= 0.3 is 0 Å². The van der Waals surface area contributed by atoms with Crippen molar-refractivity contribution >= 4 is 17.5 Å². The van der Waals surface area contributed by atoms with Crippen LogP contribution >= 0.6 is 11.6 Å². The van der Waals surface area contributed by atoms with Crippen molar-refractivity contribution in [2.75, 3.05) is 14.1 Å². The van der Waals surface area contributed by atoms with E-state index in [0.717, 1.165) is 18.7 Å². The zero-order valence-corrected chi connectivity index (χ0v) is 11.3. The van der Waals surface area contributed by atoms with Gasteiger partial charge in [-0.3, -0.25) is 14.2 Å². The third-order valence-corrected chi connectivity index (χ3v) is 3.19. The quantitative estimate of drug-likeness (QED) is 0.773. The molecule has 0 N–H and O–H groups in total. The van der Waals surface area contributed by atoms with Gasteiger partial charge in [-0.2, -0.15) is 0 Å². The molecule has 0 aliphatic heterocycles. The minimum absolute atomic E-state index is 0.00130. The van der Waals surface area contributed by atoms with Crippen LogP contribution in [-0.2, 0) is 11.3 Å². The minimum Gasteiger partial charge on any atom is -0.349 e. The highest BCUT2D eigenvalue weighted by molar-refractivity contribution is 6.29. The smallest absolute Gasteiger partial charge is 0.255 e. The van der Waals surface area contributed by atoms with Crippen LogP contribution in [0, 0.1) is 0 Å². The number of halogens is 1. The molecule has 5 nitrogen and oxygen atoms in total. The van der Waals surface area contributed by atoms with Crippen LogP contribution in [0.1, 0.15) is 31.0 Å². The lowest BCUT2D eigenvalue weighted by atomic mass is 10.3. The highest BCUT2D eigenvalue weighted by Gasteiger charge is 2.29. The highest BCUT2D eigenvalue weighted by Crippen LogP contribution is 2.38. The second kappa shape index (κ2) is 5.10. The average Bonchev–Trinajstić information content (AvgIpc) is 3.10. The van der Waals surface area contributed by atoms with Gasteiger partial charge in [0.05, 0.1) is 0 Å². The standard InChI is InChI=1S/C12H16ClN3O2/c1-15(2)10(17)5-6-16-11(18)7-9(13)14-12(16)8-3-4-8/h7-8H,3-6H2,1-2H3. The average molecular weight is 270 g/mol. The van der Waals surface area contributed by atoms with E-state index in [1.165, 1.54) is 11.0 Å². The summed E-state index contributed by atoms with van der Waals surface area (Å²) in [5.74, 6) is 1.04. The summed E-state index contributed by atoms with van der Waals surface area (Å²) < 4.78 is 1.57. The van der Waals surface area contributed by atoms with Gasteiger partial charge in [-0.15, -0.1) is 0 Å². The molecule has 1 aromatic rings. The third-order valence-electron chi connectivity index (χ3n) is 3.00. The summed E-state index contributed by atoms with van der Waals surface area (Å²) in [6.07, 6.45) is 2.37. The second-order valence-electron chi connectivity index (χ2n) is 4.74. The van der Waals surface area contributed by atoms with Crippen molar-refractivity contribution in [2.24, 2.45) is 0 Å². The van der Waals surface area contributed by atoms with Crippen LogP contribution in [0.15, 0.2) is 10.9 Å². The first-order valence-corrected chi connectivity index (χ1v) is 6.34. The lowest BCUT2D eigenvalue weighted by Crippen LogP contribution is -2.28. The molecule has 1 heterocycles. The van der Waals surface area contributed by atoms with E-state index in [9.17, 15) is 9.59 Å². The van der Waals surface area contributed by atoms with E-state index in [-0.39, 0.29) is 16.6 Å². The molecule has 1 fully saturated rings. The zero-order valence-electron chi connectivity index (χ0n) is 10.5. The number of carbonyl (C=O) groups is 1. The molecular formula is C12H16ClN3O2. The number of rotatable bonds is 4. The molecule has 0 radical (unpaired) electrons. The van der Waals surface area contributed by atoms with Gasteiger partial charge in [0.2, 0.25) is 5.91 Å². The summed E-state index contributed by atoms with van der Waals surface area (Å²) in [5.41, 5.74) is -0.177. The van der Waals surface area contributed by atoms with E-state index >= 15 is 0 Å². The van der Waals surface area contributed by atoms with Crippen LogP contribution in [0.5, 0.6) is 0 Å². The summed E-state index contributed by atoms with van der Waals surface area (Å²) >= 11 is 5.81. The Morgan fingerprint density at radius 1 is 1.56 bits per heavy atom. The zero-order chi connectivity index (χ0) is 13.3. The lowest BCUT2D eigenvalue weighted by molar-refractivity contribution is -0.128. The predicted molar refractivity (Wildman–Crippen MR) is 68.8 cm³/mol. The molecular weight excluding hydrogens is 254 g/mol.